The maximum Gasteiger partial charge on any atom is 0.258 e. The van der Waals surface area contributed by atoms with Gasteiger partial charge in [-0.1, -0.05) is 59.8 Å². The molecule has 3 aliphatic carbocycles. The Morgan fingerprint density at radius 3 is 2.51 bits per heavy atom. The maximum atomic E-state index is 13.6. The van der Waals surface area contributed by atoms with Crippen molar-refractivity contribution < 1.29 is 15.0 Å². The Morgan fingerprint density at radius 2 is 1.84 bits per heavy atom. The molecule has 0 radical (unpaired) electrons. The maximum absolute atomic E-state index is 13.6. The number of hydrogen-bond acceptors (Lipinski definition) is 6. The van der Waals surface area contributed by atoms with Crippen LogP contribution in [0.1, 0.15) is 84.3 Å². The molecule has 1 saturated heterocycles. The second-order valence-corrected chi connectivity index (χ2v) is 11.2. The van der Waals surface area contributed by atoms with E-state index < -0.39 is 17.8 Å². The zero-order valence-corrected chi connectivity index (χ0v) is 25.4. The van der Waals surface area contributed by atoms with Crippen LogP contribution in [0.25, 0.3) is 11.0 Å². The Kier molecular flexibility index (Phi) is 9.37. The van der Waals surface area contributed by atoms with Crippen molar-refractivity contribution in [1.29, 1.82) is 0 Å². The summed E-state index contributed by atoms with van der Waals surface area (Å²) in [4.78, 5) is 33.0. The van der Waals surface area contributed by atoms with E-state index in [2.05, 4.69) is 38.8 Å². The van der Waals surface area contributed by atoms with Crippen molar-refractivity contribution >= 4 is 22.9 Å². The molecule has 234 valence electrons. The molecule has 1 N–H and O–H groups in total. The number of carbonyl (C=O) groups excluding carboxylic acids is 1. The van der Waals surface area contributed by atoms with Crippen LogP contribution in [0.2, 0.25) is 0 Å². The lowest BCUT2D eigenvalue weighted by Gasteiger charge is -2.20. The summed E-state index contributed by atoms with van der Waals surface area (Å²) in [6.07, 6.45) is 9.49. The van der Waals surface area contributed by atoms with Crippen molar-refractivity contribution in [2.45, 2.75) is 86.7 Å². The van der Waals surface area contributed by atoms with Crippen molar-refractivity contribution in [2.24, 2.45) is 17.8 Å². The summed E-state index contributed by atoms with van der Waals surface area (Å²) in [6.45, 7) is 17.3. The normalized spacial score (nSPS) is 24.4. The fourth-order valence-electron chi connectivity index (χ4n) is 6.60. The summed E-state index contributed by atoms with van der Waals surface area (Å²) in [6, 6.07) is 0.0296. The molecule has 0 aromatic carbocycles. The summed E-state index contributed by atoms with van der Waals surface area (Å²) in [5.41, 5.74) is 6.81. The molecular formula is C33H47F2N7O. The Morgan fingerprint density at radius 1 is 1.14 bits per heavy atom. The first-order valence-corrected chi connectivity index (χ1v) is 15.2. The third-order valence-electron chi connectivity index (χ3n) is 9.07. The molecule has 3 aromatic rings. The summed E-state index contributed by atoms with van der Waals surface area (Å²) >= 11 is 0. The van der Waals surface area contributed by atoms with E-state index in [4.69, 9.17) is 0 Å². The number of aromatic nitrogens is 5. The molecule has 10 heteroatoms. The summed E-state index contributed by atoms with van der Waals surface area (Å²) < 4.78 is 29.1. The molecular weight excluding hydrogens is 548 g/mol. The number of piperidine rings is 1. The topological polar surface area (TPSA) is 88.8 Å². The number of allylic oxidation sites excluding steroid dienone is 2. The predicted molar refractivity (Wildman–Crippen MR) is 170 cm³/mol. The lowest BCUT2D eigenvalue weighted by molar-refractivity contribution is 0.0796. The van der Waals surface area contributed by atoms with Crippen molar-refractivity contribution in [3.05, 3.63) is 65.0 Å². The minimum Gasteiger partial charge on any atom is -0.345 e. The number of rotatable bonds is 5. The number of alkyl halides is 2. The SMILES string of the molecule is C.C=C1CC2=C(CC[C@H]2NC(=O)c2cn(Cc3cnc(N4CC5C(C4)C5(F)F)nc3C)c3ncncc23)C1C.CC.CC.[HH]. The van der Waals surface area contributed by atoms with Crippen molar-refractivity contribution in [3.8, 4) is 0 Å². The molecule has 1 aliphatic heterocycles. The Bertz CT molecular complexity index is 1540. The number of fused-ring (bicyclic) bond motifs is 2. The number of aryl methyl sites for hydroxylation is 1. The third kappa shape index (κ3) is 5.56. The standard InChI is InChI=1S/C28H29F2N7O.2C2H6.CH4.H2/c1-14-6-19-18(15(14)2)4-5-24(19)35-26(38)21-10-36(25-20(21)8-31-13-33-25)9-17-7-32-27(34-16(17)3)37-11-22-23(12-37)28(22,29)30;2*1-2;;/h7-8,10,13,15,22-24H,1,4-6,9,11-12H2,2-3H3,(H,35,38);2*1-2H3;1H4;1H/t15?,22?,23?,24-;;;;/m1..../s1. The number of anilines is 1. The van der Waals surface area contributed by atoms with Crippen LogP contribution in [0.3, 0.4) is 0 Å². The molecule has 8 nitrogen and oxygen atoms in total. The number of hydrogen-bond donors (Lipinski definition) is 1. The van der Waals surface area contributed by atoms with Crippen molar-refractivity contribution in [2.75, 3.05) is 18.0 Å². The van der Waals surface area contributed by atoms with Crippen molar-refractivity contribution in [1.82, 2.24) is 29.8 Å². The van der Waals surface area contributed by atoms with Gasteiger partial charge in [-0.2, -0.15) is 0 Å². The first-order valence-electron chi connectivity index (χ1n) is 15.2. The first kappa shape index (κ1) is 32.2. The van der Waals surface area contributed by atoms with E-state index in [1.807, 2.05) is 50.3 Å². The highest BCUT2D eigenvalue weighted by atomic mass is 19.3. The summed E-state index contributed by atoms with van der Waals surface area (Å²) in [5, 5.41) is 3.94. The van der Waals surface area contributed by atoms with Gasteiger partial charge >= 0.3 is 0 Å². The van der Waals surface area contributed by atoms with E-state index >= 15 is 0 Å². The van der Waals surface area contributed by atoms with E-state index in [0.717, 1.165) is 30.5 Å². The Hall–Kier alpha value is -3.69. The molecule has 1 amide bonds. The third-order valence-corrected chi connectivity index (χ3v) is 9.07. The number of nitrogens with one attached hydrogen (secondary N) is 1. The van der Waals surface area contributed by atoms with Crippen LogP contribution >= 0.6 is 0 Å². The Balaban J connectivity index is 0.000000849. The first-order chi connectivity index (χ1) is 20.2. The number of halogens is 2. The summed E-state index contributed by atoms with van der Waals surface area (Å²) in [5.74, 6) is -2.94. The minimum atomic E-state index is -2.53. The van der Waals surface area contributed by atoms with Gasteiger partial charge in [0.25, 0.3) is 11.8 Å². The second kappa shape index (κ2) is 12.5. The molecule has 0 spiro atoms. The lowest BCUT2D eigenvalue weighted by Crippen LogP contribution is -2.34. The largest absolute Gasteiger partial charge is 0.345 e. The molecule has 4 atom stereocenters. The van der Waals surface area contributed by atoms with Gasteiger partial charge in [-0.25, -0.2) is 28.7 Å². The number of carbonyl (C=O) groups is 1. The van der Waals surface area contributed by atoms with Gasteiger partial charge in [-0.3, -0.25) is 4.79 Å². The van der Waals surface area contributed by atoms with Crippen LogP contribution in [0.4, 0.5) is 14.7 Å². The van der Waals surface area contributed by atoms with Gasteiger partial charge in [-0.05, 0) is 37.7 Å². The predicted octanol–water partition coefficient (Wildman–Crippen LogP) is 7.00. The molecule has 0 bridgehead atoms. The molecule has 43 heavy (non-hydrogen) atoms. The fraction of sp³-hybridized carbons (Fsp3) is 0.545. The average molecular weight is 596 g/mol. The van der Waals surface area contributed by atoms with Gasteiger partial charge in [-0.15, -0.1) is 0 Å². The Labute approximate surface area is 255 Å². The highest BCUT2D eigenvalue weighted by Gasteiger charge is 2.72. The van der Waals surface area contributed by atoms with E-state index in [1.165, 1.54) is 23.0 Å². The minimum absolute atomic E-state index is 0. The van der Waals surface area contributed by atoms with Gasteiger partial charge in [0.1, 0.15) is 12.0 Å². The van der Waals surface area contributed by atoms with E-state index in [1.54, 1.807) is 12.4 Å². The quantitative estimate of drug-likeness (QED) is 0.320. The highest BCUT2D eigenvalue weighted by molar-refractivity contribution is 6.06. The zero-order valence-electron chi connectivity index (χ0n) is 25.4. The van der Waals surface area contributed by atoms with Crippen LogP contribution in [0, 0.1) is 24.7 Å². The molecule has 2 fully saturated rings. The fourth-order valence-corrected chi connectivity index (χ4v) is 6.60. The molecule has 3 aromatic heterocycles. The van der Waals surface area contributed by atoms with Gasteiger partial charge in [0.15, 0.2) is 0 Å². The molecule has 4 aliphatic rings. The molecule has 3 unspecified atom stereocenters. The number of nitrogens with zero attached hydrogens (tertiary/aromatic N) is 6. The van der Waals surface area contributed by atoms with Gasteiger partial charge in [0.05, 0.1) is 35.4 Å². The highest BCUT2D eigenvalue weighted by Crippen LogP contribution is 2.59. The van der Waals surface area contributed by atoms with Crippen LogP contribution in [0.15, 0.2) is 48.2 Å². The zero-order chi connectivity index (χ0) is 30.3. The van der Waals surface area contributed by atoms with Gasteiger partial charge in [0.2, 0.25) is 5.95 Å². The van der Waals surface area contributed by atoms with Gasteiger partial charge < -0.3 is 14.8 Å². The molecule has 1 saturated carbocycles. The van der Waals surface area contributed by atoms with Crippen LogP contribution in [0.5, 0.6) is 0 Å². The average Bonchev–Trinajstić information content (AvgIpc) is 3.59. The monoisotopic (exact) mass is 595 g/mol. The van der Waals surface area contributed by atoms with Crippen molar-refractivity contribution in [3.63, 3.8) is 0 Å². The van der Waals surface area contributed by atoms with E-state index in [9.17, 15) is 13.6 Å². The number of amides is 1. The van der Waals surface area contributed by atoms with Crippen LogP contribution < -0.4 is 10.2 Å². The summed E-state index contributed by atoms with van der Waals surface area (Å²) in [7, 11) is 0. The molecule has 4 heterocycles. The molecule has 7 rings (SSSR count). The van der Waals surface area contributed by atoms with Crippen LogP contribution in [-0.4, -0.2) is 55.5 Å². The lowest BCUT2D eigenvalue weighted by atomic mass is 9.97. The van der Waals surface area contributed by atoms with Gasteiger partial charge in [0, 0.05) is 44.4 Å². The smallest absolute Gasteiger partial charge is 0.258 e. The second-order valence-electron chi connectivity index (χ2n) is 11.2. The van der Waals surface area contributed by atoms with E-state index in [0.29, 0.717) is 48.1 Å². The van der Waals surface area contributed by atoms with Crippen LogP contribution in [-0.2, 0) is 6.54 Å². The van der Waals surface area contributed by atoms with E-state index in [-0.39, 0.29) is 20.8 Å².